The Morgan fingerprint density at radius 1 is 0.918 bits per heavy atom. The minimum Gasteiger partial charge on any atom is -0.481 e. The number of carboxylic acids is 1. The molecule has 6 aliphatic rings. The molecule has 1 aromatic heterocycles. The smallest absolute Gasteiger partial charge is 0.481 e. The van der Waals surface area contributed by atoms with Crippen molar-refractivity contribution in [1.29, 1.82) is 0 Å². The predicted molar refractivity (Wildman–Crippen MR) is 182 cm³/mol. The number of carboxylic acid groups (broad SMARTS) is 1. The summed E-state index contributed by atoms with van der Waals surface area (Å²) in [5.41, 5.74) is -1.47. The normalized spacial score (nSPS) is 45.3. The maximum absolute atomic E-state index is 14.9. The molecule has 1 aliphatic heterocycles. The summed E-state index contributed by atoms with van der Waals surface area (Å²) in [5, 5.41) is 10.3. The number of hydrogen-bond acceptors (Lipinski definition) is 8. The summed E-state index contributed by atoms with van der Waals surface area (Å²) in [6.45, 7) is 16.7. The molecule has 1 saturated heterocycles. The van der Waals surface area contributed by atoms with Gasteiger partial charge in [0.1, 0.15) is 0 Å². The Bertz CT molecular complexity index is 1630. The summed E-state index contributed by atoms with van der Waals surface area (Å²) in [6, 6.07) is -0.00751. The van der Waals surface area contributed by atoms with Crippen molar-refractivity contribution in [1.82, 2.24) is 4.90 Å². The highest BCUT2D eigenvalue weighted by molar-refractivity contribution is 5.96. The van der Waals surface area contributed by atoms with E-state index in [0.29, 0.717) is 18.6 Å². The number of aliphatic carboxylic acids is 1. The zero-order valence-corrected chi connectivity index (χ0v) is 30.7. The van der Waals surface area contributed by atoms with Gasteiger partial charge in [-0.1, -0.05) is 39.7 Å². The van der Waals surface area contributed by atoms with Crippen LogP contribution in [0.25, 0.3) is 0 Å². The lowest BCUT2D eigenvalue weighted by atomic mass is 9.33. The van der Waals surface area contributed by atoms with E-state index in [1.54, 1.807) is 6.92 Å². The topological polar surface area (TPSA) is 127 Å². The maximum atomic E-state index is 14.9. The number of piperidine rings is 1. The highest BCUT2D eigenvalue weighted by Crippen LogP contribution is 2.75. The van der Waals surface area contributed by atoms with Gasteiger partial charge in [-0.2, -0.15) is 0 Å². The first-order valence-electron chi connectivity index (χ1n) is 18.9. The maximum Gasteiger partial charge on any atom is 0.519 e. The monoisotopic (exact) mass is 679 g/mol. The van der Waals surface area contributed by atoms with Crippen molar-refractivity contribution in [3.8, 4) is 0 Å². The quantitative estimate of drug-likeness (QED) is 0.315. The molecular formula is C40H57NO8. The van der Waals surface area contributed by atoms with E-state index in [1.807, 2.05) is 13.0 Å². The molecular weight excluding hydrogens is 622 g/mol. The fraction of sp³-hybridized carbons (Fsp3) is 0.800. The summed E-state index contributed by atoms with van der Waals surface area (Å²) in [5.74, 6) is -1.40. The SMILES string of the molecule is Cc1oc(=O)oc1COC(=O)[C@]1(C)[C@@H](N2CCCCC2)CC[C@@]2(C)[C@H]1CC[C@]1(C)[C@@H]2C(=O)C=C2[C@@H]3C[C@@](C)(C(=O)O)CC[C@]3(C)CC[C@]21C. The number of esters is 1. The molecule has 7 rings (SSSR count). The molecule has 0 amide bonds. The van der Waals surface area contributed by atoms with Gasteiger partial charge in [-0.05, 0) is 144 Å². The first-order chi connectivity index (χ1) is 22.9. The van der Waals surface area contributed by atoms with Crippen LogP contribution in [-0.4, -0.2) is 46.9 Å². The zero-order chi connectivity index (χ0) is 35.4. The number of carbonyl (C=O) groups excluding carboxylic acids is 2. The second-order valence-electron chi connectivity index (χ2n) is 18.5. The van der Waals surface area contributed by atoms with Crippen molar-refractivity contribution in [2.45, 2.75) is 138 Å². The minimum atomic E-state index is -0.868. The van der Waals surface area contributed by atoms with Gasteiger partial charge in [-0.25, -0.2) is 4.79 Å². The predicted octanol–water partition coefficient (Wildman–Crippen LogP) is 7.48. The van der Waals surface area contributed by atoms with Crippen LogP contribution < -0.4 is 5.82 Å². The minimum absolute atomic E-state index is 0.00751. The second kappa shape index (κ2) is 11.4. The third-order valence-corrected chi connectivity index (χ3v) is 16.2. The van der Waals surface area contributed by atoms with E-state index in [-0.39, 0.29) is 64.2 Å². The largest absolute Gasteiger partial charge is 0.519 e. The van der Waals surface area contributed by atoms with E-state index in [2.05, 4.69) is 39.5 Å². The summed E-state index contributed by atoms with van der Waals surface area (Å²) in [6.07, 6.45) is 12.8. The number of ether oxygens (including phenoxy) is 1. The molecule has 9 nitrogen and oxygen atoms in total. The number of rotatable bonds is 5. The van der Waals surface area contributed by atoms with Crippen molar-refractivity contribution in [3.05, 3.63) is 33.8 Å². The zero-order valence-electron chi connectivity index (χ0n) is 30.7. The van der Waals surface area contributed by atoms with Crippen LogP contribution in [0.15, 0.2) is 25.3 Å². The fourth-order valence-electron chi connectivity index (χ4n) is 12.9. The van der Waals surface area contributed by atoms with Gasteiger partial charge >= 0.3 is 17.8 Å². The highest BCUT2D eigenvalue weighted by Gasteiger charge is 2.72. The van der Waals surface area contributed by atoms with Gasteiger partial charge in [0.2, 0.25) is 0 Å². The summed E-state index contributed by atoms with van der Waals surface area (Å²) in [7, 11) is 0. The molecule has 5 fully saturated rings. The van der Waals surface area contributed by atoms with E-state index in [0.717, 1.165) is 70.9 Å². The third kappa shape index (κ3) is 4.86. The van der Waals surface area contributed by atoms with Gasteiger partial charge in [0.05, 0.1) is 10.8 Å². The lowest BCUT2D eigenvalue weighted by Crippen LogP contribution is -2.69. The van der Waals surface area contributed by atoms with Crippen LogP contribution in [0.3, 0.4) is 0 Å². The summed E-state index contributed by atoms with van der Waals surface area (Å²) < 4.78 is 16.3. The van der Waals surface area contributed by atoms with Crippen molar-refractivity contribution in [3.63, 3.8) is 0 Å². The van der Waals surface area contributed by atoms with Crippen LogP contribution >= 0.6 is 0 Å². The number of carbonyl (C=O) groups is 3. The molecule has 10 atom stereocenters. The van der Waals surface area contributed by atoms with E-state index in [4.69, 9.17) is 13.6 Å². The molecule has 49 heavy (non-hydrogen) atoms. The number of nitrogens with zero attached hydrogens (tertiary/aromatic N) is 1. The lowest BCUT2D eigenvalue weighted by Gasteiger charge is -2.70. The van der Waals surface area contributed by atoms with Gasteiger partial charge in [-0.15, -0.1) is 0 Å². The Kier molecular flexibility index (Phi) is 8.09. The van der Waals surface area contributed by atoms with Crippen molar-refractivity contribution in [2.24, 2.45) is 50.2 Å². The van der Waals surface area contributed by atoms with Gasteiger partial charge in [-0.3, -0.25) is 19.3 Å². The van der Waals surface area contributed by atoms with E-state index >= 15 is 0 Å². The van der Waals surface area contributed by atoms with Gasteiger partial charge in [0.15, 0.2) is 23.9 Å². The van der Waals surface area contributed by atoms with E-state index < -0.39 is 28.0 Å². The van der Waals surface area contributed by atoms with Gasteiger partial charge < -0.3 is 18.7 Å². The molecule has 4 saturated carbocycles. The molecule has 5 aliphatic carbocycles. The molecule has 9 heteroatoms. The molecule has 1 aromatic rings. The van der Waals surface area contributed by atoms with Crippen molar-refractivity contribution < 1.29 is 33.1 Å². The molecule has 2 heterocycles. The van der Waals surface area contributed by atoms with Crippen LogP contribution in [-0.2, 0) is 25.7 Å². The molecule has 270 valence electrons. The van der Waals surface area contributed by atoms with Gasteiger partial charge in [0.25, 0.3) is 0 Å². The lowest BCUT2D eigenvalue weighted by molar-refractivity contribution is -0.213. The van der Waals surface area contributed by atoms with Crippen LogP contribution in [0.5, 0.6) is 0 Å². The third-order valence-electron chi connectivity index (χ3n) is 16.2. The number of allylic oxidation sites excluding steroid dienone is 2. The van der Waals surface area contributed by atoms with Crippen LogP contribution in [0, 0.1) is 57.2 Å². The molecule has 0 spiro atoms. The Morgan fingerprint density at radius 2 is 1.61 bits per heavy atom. The number of fused-ring (bicyclic) bond motifs is 7. The summed E-state index contributed by atoms with van der Waals surface area (Å²) >= 11 is 0. The van der Waals surface area contributed by atoms with E-state index in [9.17, 15) is 24.3 Å². The summed E-state index contributed by atoms with van der Waals surface area (Å²) in [4.78, 5) is 56.3. The standard InChI is InChI=1S/C40H57NO8/c1-24-28(49-34(46)48-24)23-47-33(45)40(7)29-11-14-39(6)31(37(29,4)13-12-30(40)41-19-9-8-10-20-41)27(42)21-25-26-22-36(3,32(43)44)16-15-35(26,2)17-18-38(25,39)5/h21,26,29-31H,8-20,22-23H2,1-7H3,(H,43,44)/t26-,29+,30-,31+,35+,36-,37-,38+,39+,40-/m0/s1. The van der Waals surface area contributed by atoms with E-state index in [1.165, 1.54) is 12.0 Å². The Morgan fingerprint density at radius 3 is 2.27 bits per heavy atom. The Balaban J connectivity index is 1.27. The van der Waals surface area contributed by atoms with Crippen LogP contribution in [0.1, 0.15) is 130 Å². The molecule has 0 unspecified atom stereocenters. The fourth-order valence-corrected chi connectivity index (χ4v) is 12.9. The van der Waals surface area contributed by atoms with Crippen LogP contribution in [0.2, 0.25) is 0 Å². The average molecular weight is 680 g/mol. The first kappa shape index (κ1) is 34.8. The van der Waals surface area contributed by atoms with Crippen molar-refractivity contribution >= 4 is 17.7 Å². The second-order valence-corrected chi connectivity index (χ2v) is 18.5. The highest BCUT2D eigenvalue weighted by atomic mass is 16.6. The number of aryl methyl sites for hydroxylation is 1. The molecule has 0 bridgehead atoms. The Labute approximate surface area is 290 Å². The first-order valence-corrected chi connectivity index (χ1v) is 18.9. The van der Waals surface area contributed by atoms with Crippen LogP contribution in [0.4, 0.5) is 0 Å². The van der Waals surface area contributed by atoms with Crippen molar-refractivity contribution in [2.75, 3.05) is 13.1 Å². The van der Waals surface area contributed by atoms with Gasteiger partial charge in [0, 0.05) is 12.0 Å². The molecule has 0 radical (unpaired) electrons. The Hall–Kier alpha value is -2.68. The molecule has 0 aromatic carbocycles. The number of ketones is 1. The number of hydrogen-bond donors (Lipinski definition) is 1. The average Bonchev–Trinajstić information content (AvgIpc) is 3.38. The molecule has 1 N–H and O–H groups in total. The number of likely N-dealkylation sites (tertiary alicyclic amines) is 1.